The molecule has 5 nitrogen and oxygen atoms in total. The normalized spacial score (nSPS) is 18.7. The fourth-order valence-corrected chi connectivity index (χ4v) is 3.98. The van der Waals surface area contributed by atoms with Crippen LogP contribution in [-0.2, 0) is 16.0 Å². The van der Waals surface area contributed by atoms with Crippen molar-refractivity contribution in [3.05, 3.63) is 11.1 Å². The molecule has 2 heterocycles. The molecule has 1 aliphatic rings. The molecule has 1 saturated heterocycles. The molecule has 7 heteroatoms. The van der Waals surface area contributed by atoms with Gasteiger partial charge < -0.3 is 10.4 Å². The largest absolute Gasteiger partial charge is 0.481 e. The van der Waals surface area contributed by atoms with Gasteiger partial charge >= 0.3 is 5.97 Å². The van der Waals surface area contributed by atoms with Crippen LogP contribution in [0.1, 0.15) is 37.8 Å². The number of rotatable bonds is 6. The zero-order chi connectivity index (χ0) is 14.4. The van der Waals surface area contributed by atoms with Gasteiger partial charge in [0.15, 0.2) is 5.13 Å². The van der Waals surface area contributed by atoms with Gasteiger partial charge in [-0.25, -0.2) is 4.98 Å². The van der Waals surface area contributed by atoms with Crippen LogP contribution >= 0.6 is 23.1 Å². The number of amides is 1. The molecule has 1 unspecified atom stereocenters. The van der Waals surface area contributed by atoms with Gasteiger partial charge in [-0.2, -0.15) is 0 Å². The van der Waals surface area contributed by atoms with E-state index in [-0.39, 0.29) is 17.6 Å². The van der Waals surface area contributed by atoms with Crippen molar-refractivity contribution >= 4 is 40.1 Å². The van der Waals surface area contributed by atoms with Crippen molar-refractivity contribution in [2.75, 3.05) is 11.1 Å². The van der Waals surface area contributed by atoms with Crippen LogP contribution in [0.25, 0.3) is 0 Å². The van der Waals surface area contributed by atoms with Crippen molar-refractivity contribution in [2.45, 2.75) is 43.8 Å². The first-order chi connectivity index (χ1) is 9.65. The Morgan fingerprint density at radius 1 is 1.45 bits per heavy atom. The van der Waals surface area contributed by atoms with E-state index in [1.165, 1.54) is 17.8 Å². The number of carboxylic acid groups (broad SMARTS) is 1. The highest BCUT2D eigenvalue weighted by atomic mass is 32.2. The minimum absolute atomic E-state index is 0.0427. The first kappa shape index (κ1) is 15.3. The van der Waals surface area contributed by atoms with Crippen LogP contribution in [0.4, 0.5) is 5.13 Å². The third kappa shape index (κ3) is 4.79. The molecule has 2 rings (SSSR count). The maximum atomic E-state index is 12.0. The fourth-order valence-electron chi connectivity index (χ4n) is 2.03. The second-order valence-corrected chi connectivity index (χ2v) is 6.90. The fraction of sp³-hybridized carbons (Fsp3) is 0.615. The molecule has 110 valence electrons. The van der Waals surface area contributed by atoms with Gasteiger partial charge in [-0.1, -0.05) is 6.42 Å². The highest BCUT2D eigenvalue weighted by Gasteiger charge is 2.22. The van der Waals surface area contributed by atoms with Gasteiger partial charge in [0.25, 0.3) is 0 Å². The predicted molar refractivity (Wildman–Crippen MR) is 81.4 cm³/mol. The van der Waals surface area contributed by atoms with E-state index in [1.54, 1.807) is 11.8 Å². The first-order valence-electron chi connectivity index (χ1n) is 6.74. The van der Waals surface area contributed by atoms with Crippen LogP contribution in [0.15, 0.2) is 5.38 Å². The number of aromatic nitrogens is 1. The number of thioether (sulfide) groups is 1. The molecule has 0 bridgehead atoms. The monoisotopic (exact) mass is 314 g/mol. The molecule has 0 radical (unpaired) electrons. The topological polar surface area (TPSA) is 79.3 Å². The summed E-state index contributed by atoms with van der Waals surface area (Å²) in [5.41, 5.74) is 0.850. The summed E-state index contributed by atoms with van der Waals surface area (Å²) in [5.74, 6) is 0.306. The van der Waals surface area contributed by atoms with Crippen molar-refractivity contribution in [1.82, 2.24) is 4.98 Å². The average molecular weight is 314 g/mol. The zero-order valence-corrected chi connectivity index (χ0v) is 12.8. The molecule has 2 N–H and O–H groups in total. The molecule has 1 fully saturated rings. The van der Waals surface area contributed by atoms with Gasteiger partial charge in [0, 0.05) is 11.8 Å². The zero-order valence-electron chi connectivity index (χ0n) is 11.1. The lowest BCUT2D eigenvalue weighted by Gasteiger charge is -2.19. The summed E-state index contributed by atoms with van der Waals surface area (Å²) < 4.78 is 0. The highest BCUT2D eigenvalue weighted by Crippen LogP contribution is 2.26. The number of hydrogen-bond acceptors (Lipinski definition) is 5. The molecule has 0 aliphatic carbocycles. The Bertz CT molecular complexity index is 470. The molecule has 1 amide bonds. The lowest BCUT2D eigenvalue weighted by atomic mass is 10.2. The number of hydrogen-bond donors (Lipinski definition) is 2. The molecular formula is C13H18N2O3S2. The van der Waals surface area contributed by atoms with Crippen molar-refractivity contribution in [3.63, 3.8) is 0 Å². The number of nitrogens with zero attached hydrogens (tertiary/aromatic N) is 1. The van der Waals surface area contributed by atoms with Gasteiger partial charge in [0.2, 0.25) is 5.91 Å². The lowest BCUT2D eigenvalue weighted by molar-refractivity contribution is -0.137. The van der Waals surface area contributed by atoms with Gasteiger partial charge in [-0.05, 0) is 31.4 Å². The number of thiazole rings is 1. The molecule has 1 aromatic rings. The summed E-state index contributed by atoms with van der Waals surface area (Å²) in [6.45, 7) is 0. The predicted octanol–water partition coefficient (Wildman–Crippen LogP) is 2.77. The standard InChI is InChI=1S/C13H18N2O3S2/c16-11(17)6-3-4-9-8-20-13(14-9)15-12(18)10-5-1-2-7-19-10/h8,10H,1-7H2,(H,16,17)(H,14,15,18). The Hall–Kier alpha value is -1.08. The maximum Gasteiger partial charge on any atom is 0.303 e. The second kappa shape index (κ2) is 7.64. The van der Waals surface area contributed by atoms with Crippen molar-refractivity contribution in [2.24, 2.45) is 0 Å². The van der Waals surface area contributed by atoms with E-state index < -0.39 is 5.97 Å². The summed E-state index contributed by atoms with van der Waals surface area (Å²) in [7, 11) is 0. The second-order valence-electron chi connectivity index (χ2n) is 4.74. The van der Waals surface area contributed by atoms with E-state index in [1.807, 2.05) is 5.38 Å². The third-order valence-electron chi connectivity index (χ3n) is 3.08. The maximum absolute atomic E-state index is 12.0. The lowest BCUT2D eigenvalue weighted by Crippen LogP contribution is -2.27. The summed E-state index contributed by atoms with van der Waals surface area (Å²) in [4.78, 5) is 26.8. The van der Waals surface area contributed by atoms with Crippen LogP contribution in [0, 0.1) is 0 Å². The van der Waals surface area contributed by atoms with Crippen molar-refractivity contribution in [3.8, 4) is 0 Å². The number of anilines is 1. The van der Waals surface area contributed by atoms with Gasteiger partial charge in [-0.3, -0.25) is 9.59 Å². The Morgan fingerprint density at radius 3 is 3.00 bits per heavy atom. The van der Waals surface area contributed by atoms with Crippen molar-refractivity contribution < 1.29 is 14.7 Å². The van der Waals surface area contributed by atoms with Crippen LogP contribution < -0.4 is 5.32 Å². The van der Waals surface area contributed by atoms with E-state index in [4.69, 9.17) is 5.11 Å². The molecule has 0 spiro atoms. The smallest absolute Gasteiger partial charge is 0.303 e. The Balaban J connectivity index is 1.79. The SMILES string of the molecule is O=C(O)CCCc1csc(NC(=O)C2CCCCS2)n1. The minimum Gasteiger partial charge on any atom is -0.481 e. The van der Waals surface area contributed by atoms with E-state index in [9.17, 15) is 9.59 Å². The quantitative estimate of drug-likeness (QED) is 0.844. The van der Waals surface area contributed by atoms with Crippen LogP contribution in [0.5, 0.6) is 0 Å². The average Bonchev–Trinajstić information content (AvgIpc) is 2.87. The van der Waals surface area contributed by atoms with Crippen LogP contribution in [-0.4, -0.2) is 33.0 Å². The van der Waals surface area contributed by atoms with E-state index in [0.29, 0.717) is 18.0 Å². The van der Waals surface area contributed by atoms with E-state index in [2.05, 4.69) is 10.3 Å². The number of carboxylic acids is 1. The van der Waals surface area contributed by atoms with Crippen molar-refractivity contribution in [1.29, 1.82) is 0 Å². The molecule has 0 aromatic carbocycles. The number of nitrogens with one attached hydrogen (secondary N) is 1. The minimum atomic E-state index is -0.789. The van der Waals surface area contributed by atoms with Gasteiger partial charge in [0.05, 0.1) is 10.9 Å². The summed E-state index contributed by atoms with van der Waals surface area (Å²) in [6.07, 6.45) is 4.61. The highest BCUT2D eigenvalue weighted by molar-refractivity contribution is 8.00. The number of aliphatic carboxylic acids is 1. The number of carbonyl (C=O) groups is 2. The van der Waals surface area contributed by atoms with Crippen LogP contribution in [0.3, 0.4) is 0 Å². The molecule has 0 saturated carbocycles. The summed E-state index contributed by atoms with van der Waals surface area (Å²) in [6, 6.07) is 0. The van der Waals surface area contributed by atoms with Crippen LogP contribution in [0.2, 0.25) is 0 Å². The van der Waals surface area contributed by atoms with E-state index in [0.717, 1.165) is 24.3 Å². The number of carbonyl (C=O) groups excluding carboxylic acids is 1. The van der Waals surface area contributed by atoms with Gasteiger partial charge in [0.1, 0.15) is 0 Å². The molecule has 1 atom stereocenters. The first-order valence-corrected chi connectivity index (χ1v) is 8.66. The summed E-state index contributed by atoms with van der Waals surface area (Å²) in [5, 5.41) is 14.0. The summed E-state index contributed by atoms with van der Waals surface area (Å²) >= 11 is 3.11. The number of aryl methyl sites for hydroxylation is 1. The molecular weight excluding hydrogens is 296 g/mol. The molecule has 1 aliphatic heterocycles. The molecule has 20 heavy (non-hydrogen) atoms. The van der Waals surface area contributed by atoms with Gasteiger partial charge in [-0.15, -0.1) is 23.1 Å². The Morgan fingerprint density at radius 2 is 2.30 bits per heavy atom. The Kier molecular flexibility index (Phi) is 5.85. The third-order valence-corrected chi connectivity index (χ3v) is 5.26. The Labute approximate surface area is 126 Å². The molecule has 1 aromatic heterocycles. The van der Waals surface area contributed by atoms with E-state index >= 15 is 0 Å².